The van der Waals surface area contributed by atoms with Gasteiger partial charge in [0.1, 0.15) is 18.1 Å². The second-order valence-electron chi connectivity index (χ2n) is 7.52. The normalized spacial score (nSPS) is 13.2. The smallest absolute Gasteiger partial charge is 0.328 e. The maximum Gasteiger partial charge on any atom is 0.328 e. The number of ether oxygens (including phenoxy) is 1. The minimum Gasteiger partial charge on any atom is -0.467 e. The first-order valence-electron chi connectivity index (χ1n) is 10.6. The number of amides is 3. The molecule has 0 aliphatic heterocycles. The fourth-order valence-corrected chi connectivity index (χ4v) is 3.19. The van der Waals surface area contributed by atoms with Crippen LogP contribution in [0.25, 0.3) is 0 Å². The molecule has 0 aliphatic carbocycles. The zero-order valence-corrected chi connectivity index (χ0v) is 18.7. The van der Waals surface area contributed by atoms with Crippen LogP contribution in [-0.4, -0.2) is 55.5 Å². The number of rotatable bonds is 11. The van der Waals surface area contributed by atoms with Crippen molar-refractivity contribution in [2.24, 2.45) is 5.73 Å². The van der Waals surface area contributed by atoms with Gasteiger partial charge in [-0.3, -0.25) is 14.4 Å². The van der Waals surface area contributed by atoms with Gasteiger partial charge in [0.25, 0.3) is 0 Å². The summed E-state index contributed by atoms with van der Waals surface area (Å²) in [6, 6.07) is 15.5. The molecule has 0 radical (unpaired) electrons. The van der Waals surface area contributed by atoms with Crippen LogP contribution in [-0.2, 0) is 36.8 Å². The molecular weight excluding hydrogens is 424 g/mol. The van der Waals surface area contributed by atoms with Crippen molar-refractivity contribution in [2.75, 3.05) is 13.7 Å². The van der Waals surface area contributed by atoms with Crippen LogP contribution in [0.5, 0.6) is 0 Å². The quantitative estimate of drug-likeness (QED) is 0.355. The van der Waals surface area contributed by atoms with E-state index in [-0.39, 0.29) is 19.4 Å². The van der Waals surface area contributed by atoms with Crippen LogP contribution in [0, 0.1) is 0 Å². The lowest BCUT2D eigenvalue weighted by Gasteiger charge is -2.24. The first kappa shape index (κ1) is 25.5. The lowest BCUT2D eigenvalue weighted by atomic mass is 10.0. The van der Waals surface area contributed by atoms with Crippen LogP contribution in [0.15, 0.2) is 60.7 Å². The molecule has 0 bridgehead atoms. The van der Waals surface area contributed by atoms with Crippen LogP contribution in [0.3, 0.4) is 0 Å². The Labute approximate surface area is 193 Å². The monoisotopic (exact) mass is 454 g/mol. The van der Waals surface area contributed by atoms with Gasteiger partial charge in [-0.05, 0) is 18.1 Å². The molecule has 0 heterocycles. The molecule has 0 aliphatic rings. The van der Waals surface area contributed by atoms with Crippen molar-refractivity contribution >= 4 is 23.7 Å². The Morgan fingerprint density at radius 1 is 0.788 bits per heavy atom. The zero-order valence-electron chi connectivity index (χ0n) is 18.7. The summed E-state index contributed by atoms with van der Waals surface area (Å²) < 4.78 is 4.65. The lowest BCUT2D eigenvalue weighted by Crippen LogP contribution is -2.57. The van der Waals surface area contributed by atoms with E-state index >= 15 is 0 Å². The van der Waals surface area contributed by atoms with Crippen molar-refractivity contribution < 1.29 is 23.9 Å². The molecule has 0 spiro atoms. The van der Waals surface area contributed by atoms with Gasteiger partial charge in [-0.15, -0.1) is 0 Å². The van der Waals surface area contributed by atoms with Crippen LogP contribution < -0.4 is 21.7 Å². The highest BCUT2D eigenvalue weighted by Crippen LogP contribution is 2.07. The Morgan fingerprint density at radius 3 is 1.70 bits per heavy atom. The number of benzene rings is 2. The molecule has 2 rings (SSSR count). The molecule has 33 heavy (non-hydrogen) atoms. The highest BCUT2D eigenvalue weighted by atomic mass is 16.5. The zero-order chi connectivity index (χ0) is 24.2. The minimum absolute atomic E-state index is 0.190. The Morgan fingerprint density at radius 2 is 1.24 bits per heavy atom. The van der Waals surface area contributed by atoms with Gasteiger partial charge in [0.05, 0.1) is 13.7 Å². The maximum absolute atomic E-state index is 13.1. The Balaban J connectivity index is 2.22. The molecule has 3 atom stereocenters. The lowest BCUT2D eigenvalue weighted by molar-refractivity contribution is -0.144. The molecule has 2 aromatic carbocycles. The molecule has 9 heteroatoms. The average Bonchev–Trinajstić information content (AvgIpc) is 2.83. The predicted octanol–water partition coefficient (Wildman–Crippen LogP) is 0.0778. The number of carbonyl (C=O) groups excluding carboxylic acids is 4. The fourth-order valence-electron chi connectivity index (χ4n) is 3.19. The molecule has 3 amide bonds. The third-order valence-corrected chi connectivity index (χ3v) is 4.95. The summed E-state index contributed by atoms with van der Waals surface area (Å²) in [6.45, 7) is 1.22. The van der Waals surface area contributed by atoms with Crippen molar-refractivity contribution in [3.05, 3.63) is 71.8 Å². The molecule has 0 saturated carbocycles. The van der Waals surface area contributed by atoms with Crippen LogP contribution >= 0.6 is 0 Å². The fraction of sp³-hybridized carbons (Fsp3) is 0.333. The van der Waals surface area contributed by atoms with E-state index in [9.17, 15) is 19.2 Å². The summed E-state index contributed by atoms with van der Waals surface area (Å²) >= 11 is 0. The Bertz CT molecular complexity index is 936. The van der Waals surface area contributed by atoms with Gasteiger partial charge in [0, 0.05) is 12.8 Å². The predicted molar refractivity (Wildman–Crippen MR) is 123 cm³/mol. The Kier molecular flexibility index (Phi) is 10.0. The Hall–Kier alpha value is -3.72. The van der Waals surface area contributed by atoms with Crippen molar-refractivity contribution in [2.45, 2.75) is 37.9 Å². The van der Waals surface area contributed by atoms with Crippen LogP contribution in [0.4, 0.5) is 0 Å². The van der Waals surface area contributed by atoms with Crippen molar-refractivity contribution in [3.63, 3.8) is 0 Å². The minimum atomic E-state index is -0.986. The third-order valence-electron chi connectivity index (χ3n) is 4.95. The van der Waals surface area contributed by atoms with E-state index in [4.69, 9.17) is 5.73 Å². The van der Waals surface area contributed by atoms with E-state index in [0.29, 0.717) is 0 Å². The van der Waals surface area contributed by atoms with E-state index in [0.717, 1.165) is 11.1 Å². The summed E-state index contributed by atoms with van der Waals surface area (Å²) in [5, 5.41) is 7.89. The number of nitrogens with two attached hydrogens (primary N) is 1. The second-order valence-corrected chi connectivity index (χ2v) is 7.52. The third kappa shape index (κ3) is 8.38. The summed E-state index contributed by atoms with van der Waals surface area (Å²) in [7, 11) is 1.22. The van der Waals surface area contributed by atoms with E-state index in [1.54, 1.807) is 0 Å². The van der Waals surface area contributed by atoms with Gasteiger partial charge in [0.2, 0.25) is 17.7 Å². The molecular formula is C24H30N4O5. The number of nitrogens with one attached hydrogen (secondary N) is 3. The standard InChI is InChI=1S/C24H30N4O5/c1-16(24(32)33-2)26-22(30)20(14-18-11-7-4-8-12-18)28-23(31)19(27-21(29)15-25)13-17-9-5-3-6-10-17/h3-12,16,19-20H,13-15,25H2,1-2H3,(H,26,30)(H,27,29)(H,28,31)/t16-,19-,20-/m0/s1. The molecule has 5 N–H and O–H groups in total. The number of esters is 1. The molecule has 9 nitrogen and oxygen atoms in total. The van der Waals surface area contributed by atoms with Crippen LogP contribution in [0.2, 0.25) is 0 Å². The summed E-state index contributed by atoms with van der Waals surface area (Å²) in [5.74, 6) is -2.18. The van der Waals surface area contributed by atoms with Gasteiger partial charge < -0.3 is 26.4 Å². The van der Waals surface area contributed by atoms with Crippen molar-refractivity contribution in [1.29, 1.82) is 0 Å². The molecule has 0 fully saturated rings. The number of methoxy groups -OCH3 is 1. The van der Waals surface area contributed by atoms with Crippen LogP contribution in [0.1, 0.15) is 18.1 Å². The molecule has 2 aromatic rings. The van der Waals surface area contributed by atoms with E-state index in [1.807, 2.05) is 60.7 Å². The maximum atomic E-state index is 13.1. The molecule has 176 valence electrons. The van der Waals surface area contributed by atoms with Crippen molar-refractivity contribution in [3.8, 4) is 0 Å². The topological polar surface area (TPSA) is 140 Å². The summed E-state index contributed by atoms with van der Waals surface area (Å²) in [5.41, 5.74) is 7.06. The first-order valence-corrected chi connectivity index (χ1v) is 10.6. The van der Waals surface area contributed by atoms with E-state index in [2.05, 4.69) is 20.7 Å². The largest absolute Gasteiger partial charge is 0.467 e. The van der Waals surface area contributed by atoms with E-state index < -0.39 is 41.8 Å². The van der Waals surface area contributed by atoms with Gasteiger partial charge in [-0.25, -0.2) is 4.79 Å². The highest BCUT2D eigenvalue weighted by molar-refractivity contribution is 5.94. The number of carbonyl (C=O) groups is 4. The van der Waals surface area contributed by atoms with E-state index in [1.165, 1.54) is 14.0 Å². The molecule has 0 unspecified atom stereocenters. The summed E-state index contributed by atoms with van der Waals surface area (Å²) in [6.07, 6.45) is 0.409. The average molecular weight is 455 g/mol. The second kappa shape index (κ2) is 13.0. The van der Waals surface area contributed by atoms with Gasteiger partial charge in [-0.2, -0.15) is 0 Å². The summed E-state index contributed by atoms with van der Waals surface area (Å²) in [4.78, 5) is 49.7. The van der Waals surface area contributed by atoms with Gasteiger partial charge in [-0.1, -0.05) is 60.7 Å². The highest BCUT2D eigenvalue weighted by Gasteiger charge is 2.29. The number of hydrogen-bond acceptors (Lipinski definition) is 6. The van der Waals surface area contributed by atoms with Gasteiger partial charge in [0.15, 0.2) is 0 Å². The van der Waals surface area contributed by atoms with Crippen molar-refractivity contribution in [1.82, 2.24) is 16.0 Å². The molecule has 0 aromatic heterocycles. The molecule has 0 saturated heterocycles. The SMILES string of the molecule is COC(=O)[C@H](C)NC(=O)[C@H](Cc1ccccc1)NC(=O)[C@H](Cc1ccccc1)NC(=O)CN. The number of hydrogen-bond donors (Lipinski definition) is 4. The first-order chi connectivity index (χ1) is 15.8. The van der Waals surface area contributed by atoms with Gasteiger partial charge >= 0.3 is 5.97 Å².